The lowest BCUT2D eigenvalue weighted by atomic mass is 10.1. The Kier molecular flexibility index (Phi) is 3.39. The lowest BCUT2D eigenvalue weighted by Crippen LogP contribution is -2.14. The Bertz CT molecular complexity index is 372. The molecule has 16 heavy (non-hydrogen) atoms. The first kappa shape index (κ1) is 10.9. The van der Waals surface area contributed by atoms with Gasteiger partial charge in [-0.25, -0.2) is 4.98 Å². The Morgan fingerprint density at radius 3 is 2.88 bits per heavy atom. The Morgan fingerprint density at radius 1 is 1.44 bits per heavy atom. The van der Waals surface area contributed by atoms with Gasteiger partial charge in [0.25, 0.3) is 0 Å². The second kappa shape index (κ2) is 4.96. The smallest absolute Gasteiger partial charge is 0.213 e. The van der Waals surface area contributed by atoms with Crippen molar-refractivity contribution in [2.45, 2.75) is 25.7 Å². The molecule has 2 rings (SSSR count). The minimum Gasteiger partial charge on any atom is -0.477 e. The van der Waals surface area contributed by atoms with E-state index in [1.54, 1.807) is 12.1 Å². The zero-order chi connectivity index (χ0) is 11.4. The number of ether oxygens (including phenoxy) is 1. The molecule has 0 radical (unpaired) electrons. The molecule has 1 aromatic rings. The van der Waals surface area contributed by atoms with Crippen LogP contribution < -0.4 is 10.5 Å². The largest absolute Gasteiger partial charge is 0.477 e. The second-order valence-electron chi connectivity index (χ2n) is 4.24. The number of nitrogen functional groups attached to an aromatic ring is 1. The third kappa shape index (κ3) is 2.72. The predicted octanol–water partition coefficient (Wildman–Crippen LogP) is 1.93. The van der Waals surface area contributed by atoms with Crippen LogP contribution in [0.5, 0.6) is 5.88 Å². The Hall–Kier alpha value is -1.58. The zero-order valence-corrected chi connectivity index (χ0v) is 9.28. The maximum absolute atomic E-state index is 7.29. The van der Waals surface area contributed by atoms with Gasteiger partial charge in [-0.05, 0) is 24.8 Å². The number of hydrogen-bond donors (Lipinski definition) is 2. The quantitative estimate of drug-likeness (QED) is 0.600. The van der Waals surface area contributed by atoms with Crippen molar-refractivity contribution in [3.8, 4) is 5.88 Å². The van der Waals surface area contributed by atoms with E-state index in [0.29, 0.717) is 17.5 Å². The van der Waals surface area contributed by atoms with Gasteiger partial charge in [0, 0.05) is 6.07 Å². The van der Waals surface area contributed by atoms with Crippen LogP contribution in [0, 0.1) is 11.3 Å². The van der Waals surface area contributed by atoms with E-state index in [0.717, 1.165) is 6.61 Å². The predicted molar refractivity (Wildman–Crippen MR) is 62.7 cm³/mol. The maximum Gasteiger partial charge on any atom is 0.213 e. The summed E-state index contributed by atoms with van der Waals surface area (Å²) in [7, 11) is 0. The normalized spacial score (nSPS) is 16.2. The second-order valence-corrected chi connectivity index (χ2v) is 4.24. The van der Waals surface area contributed by atoms with Crippen molar-refractivity contribution in [2.75, 3.05) is 6.61 Å². The minimum absolute atomic E-state index is 0.0219. The highest BCUT2D eigenvalue weighted by molar-refractivity contribution is 5.93. The summed E-state index contributed by atoms with van der Waals surface area (Å²) in [6, 6.07) is 5.33. The van der Waals surface area contributed by atoms with E-state index in [9.17, 15) is 0 Å². The van der Waals surface area contributed by atoms with E-state index in [-0.39, 0.29) is 5.84 Å². The van der Waals surface area contributed by atoms with E-state index in [4.69, 9.17) is 15.9 Å². The van der Waals surface area contributed by atoms with Gasteiger partial charge in [-0.1, -0.05) is 18.9 Å². The van der Waals surface area contributed by atoms with Gasteiger partial charge in [-0.2, -0.15) is 0 Å². The van der Waals surface area contributed by atoms with Crippen molar-refractivity contribution in [1.82, 2.24) is 4.98 Å². The van der Waals surface area contributed by atoms with Crippen LogP contribution in [0.2, 0.25) is 0 Å². The molecular weight excluding hydrogens is 202 g/mol. The first-order chi connectivity index (χ1) is 7.75. The number of aromatic nitrogens is 1. The molecule has 0 saturated heterocycles. The average Bonchev–Trinajstić information content (AvgIpc) is 2.79. The molecule has 4 nitrogen and oxygen atoms in total. The molecule has 0 amide bonds. The standard InChI is InChI=1S/C12H17N3O/c13-12(14)10-6-3-7-11(15-10)16-8-9-4-1-2-5-9/h3,6-7,9H,1-2,4-5,8H2,(H3,13,14). The topological polar surface area (TPSA) is 72.0 Å². The molecule has 0 aliphatic heterocycles. The van der Waals surface area contributed by atoms with Crippen LogP contribution in [0.25, 0.3) is 0 Å². The Labute approximate surface area is 95.3 Å². The monoisotopic (exact) mass is 219 g/mol. The van der Waals surface area contributed by atoms with Crippen LogP contribution in [-0.4, -0.2) is 17.4 Å². The third-order valence-electron chi connectivity index (χ3n) is 2.94. The highest BCUT2D eigenvalue weighted by Gasteiger charge is 2.15. The summed E-state index contributed by atoms with van der Waals surface area (Å²) in [6.07, 6.45) is 5.14. The molecule has 0 aromatic carbocycles. The lowest BCUT2D eigenvalue weighted by molar-refractivity contribution is 0.243. The van der Waals surface area contributed by atoms with E-state index in [1.165, 1.54) is 25.7 Å². The molecular formula is C12H17N3O. The van der Waals surface area contributed by atoms with E-state index < -0.39 is 0 Å². The molecule has 86 valence electrons. The molecule has 0 bridgehead atoms. The summed E-state index contributed by atoms with van der Waals surface area (Å²) in [5, 5.41) is 7.29. The van der Waals surface area contributed by atoms with Gasteiger partial charge in [-0.15, -0.1) is 0 Å². The van der Waals surface area contributed by atoms with Crippen LogP contribution in [0.15, 0.2) is 18.2 Å². The maximum atomic E-state index is 7.29. The number of nitrogens with zero attached hydrogens (tertiary/aromatic N) is 1. The molecule has 1 aromatic heterocycles. The highest BCUT2D eigenvalue weighted by atomic mass is 16.5. The number of amidine groups is 1. The molecule has 1 heterocycles. The van der Waals surface area contributed by atoms with Crippen molar-refractivity contribution < 1.29 is 4.74 Å². The van der Waals surface area contributed by atoms with E-state index >= 15 is 0 Å². The first-order valence-electron chi connectivity index (χ1n) is 5.70. The molecule has 4 heteroatoms. The van der Waals surface area contributed by atoms with Crippen molar-refractivity contribution in [2.24, 2.45) is 11.7 Å². The van der Waals surface area contributed by atoms with E-state index in [1.807, 2.05) is 6.07 Å². The zero-order valence-electron chi connectivity index (χ0n) is 9.28. The number of pyridine rings is 1. The van der Waals surface area contributed by atoms with Crippen LogP contribution >= 0.6 is 0 Å². The van der Waals surface area contributed by atoms with E-state index in [2.05, 4.69) is 4.98 Å². The number of nitrogens with two attached hydrogens (primary N) is 1. The molecule has 0 spiro atoms. The summed E-state index contributed by atoms with van der Waals surface area (Å²) in [4.78, 5) is 4.16. The molecule has 1 fully saturated rings. The number of rotatable bonds is 4. The van der Waals surface area contributed by atoms with Gasteiger partial charge in [0.15, 0.2) is 0 Å². The Balaban J connectivity index is 1.93. The van der Waals surface area contributed by atoms with Crippen molar-refractivity contribution >= 4 is 5.84 Å². The van der Waals surface area contributed by atoms with Crippen LogP contribution in [0.1, 0.15) is 31.4 Å². The fourth-order valence-electron chi connectivity index (χ4n) is 2.03. The van der Waals surface area contributed by atoms with Crippen LogP contribution in [0.4, 0.5) is 0 Å². The average molecular weight is 219 g/mol. The van der Waals surface area contributed by atoms with Gasteiger partial charge in [-0.3, -0.25) is 5.41 Å². The fraction of sp³-hybridized carbons (Fsp3) is 0.500. The summed E-state index contributed by atoms with van der Waals surface area (Å²) in [5.41, 5.74) is 5.84. The molecule has 0 atom stereocenters. The van der Waals surface area contributed by atoms with Gasteiger partial charge < -0.3 is 10.5 Å². The van der Waals surface area contributed by atoms with Crippen LogP contribution in [-0.2, 0) is 0 Å². The Morgan fingerprint density at radius 2 is 2.19 bits per heavy atom. The van der Waals surface area contributed by atoms with Gasteiger partial charge >= 0.3 is 0 Å². The van der Waals surface area contributed by atoms with Crippen molar-refractivity contribution in [3.05, 3.63) is 23.9 Å². The number of nitrogens with one attached hydrogen (secondary N) is 1. The van der Waals surface area contributed by atoms with Crippen LogP contribution in [0.3, 0.4) is 0 Å². The fourth-order valence-corrected chi connectivity index (χ4v) is 2.03. The highest BCUT2D eigenvalue weighted by Crippen LogP contribution is 2.25. The molecule has 3 N–H and O–H groups in total. The third-order valence-corrected chi connectivity index (χ3v) is 2.94. The van der Waals surface area contributed by atoms with Gasteiger partial charge in [0.05, 0.1) is 6.61 Å². The minimum atomic E-state index is -0.0219. The molecule has 0 unspecified atom stereocenters. The molecule has 1 aliphatic carbocycles. The summed E-state index contributed by atoms with van der Waals surface area (Å²) >= 11 is 0. The number of hydrogen-bond acceptors (Lipinski definition) is 3. The summed E-state index contributed by atoms with van der Waals surface area (Å²) < 4.78 is 5.62. The lowest BCUT2D eigenvalue weighted by Gasteiger charge is -2.10. The van der Waals surface area contributed by atoms with Crippen molar-refractivity contribution in [3.63, 3.8) is 0 Å². The summed E-state index contributed by atoms with van der Waals surface area (Å²) in [6.45, 7) is 0.731. The molecule has 1 aliphatic rings. The molecule has 1 saturated carbocycles. The summed E-state index contributed by atoms with van der Waals surface area (Å²) in [5.74, 6) is 1.22. The SMILES string of the molecule is N=C(N)c1cccc(OCC2CCCC2)n1. The van der Waals surface area contributed by atoms with Crippen molar-refractivity contribution in [1.29, 1.82) is 5.41 Å². The van der Waals surface area contributed by atoms with Gasteiger partial charge in [0.1, 0.15) is 11.5 Å². The first-order valence-corrected chi connectivity index (χ1v) is 5.70. The van der Waals surface area contributed by atoms with Gasteiger partial charge in [0.2, 0.25) is 5.88 Å².